The standard InChI is InChI=1S/C18H22N2O3/c1-12(13-6-8-19-9-7-13)10-17(21)20-15-3-4-16-14(11-15)2-5-18(22)23-16/h2-5,11-13,19H,6-10H2,1H3,(H,20,21). The summed E-state index contributed by atoms with van der Waals surface area (Å²) in [4.78, 5) is 23.4. The summed E-state index contributed by atoms with van der Waals surface area (Å²) in [6, 6.07) is 8.38. The highest BCUT2D eigenvalue weighted by atomic mass is 16.4. The van der Waals surface area contributed by atoms with Crippen molar-refractivity contribution in [3.05, 3.63) is 40.8 Å². The van der Waals surface area contributed by atoms with E-state index in [-0.39, 0.29) is 11.5 Å². The number of hydrogen-bond acceptors (Lipinski definition) is 4. The summed E-state index contributed by atoms with van der Waals surface area (Å²) in [6.07, 6.45) is 2.82. The van der Waals surface area contributed by atoms with Crippen LogP contribution in [0.4, 0.5) is 5.69 Å². The van der Waals surface area contributed by atoms with Crippen LogP contribution in [-0.2, 0) is 4.79 Å². The fourth-order valence-corrected chi connectivity index (χ4v) is 3.23. The summed E-state index contributed by atoms with van der Waals surface area (Å²) in [5.74, 6) is 1.04. The van der Waals surface area contributed by atoms with E-state index >= 15 is 0 Å². The third-order valence-corrected chi connectivity index (χ3v) is 4.60. The van der Waals surface area contributed by atoms with Crippen LogP contribution in [0.2, 0.25) is 0 Å². The molecule has 5 nitrogen and oxygen atoms in total. The second kappa shape index (κ2) is 6.96. The fraction of sp³-hybridized carbons (Fsp3) is 0.444. The van der Waals surface area contributed by atoms with E-state index in [1.54, 1.807) is 18.2 Å². The molecule has 122 valence electrons. The smallest absolute Gasteiger partial charge is 0.336 e. The monoisotopic (exact) mass is 314 g/mol. The second-order valence-corrected chi connectivity index (χ2v) is 6.32. The van der Waals surface area contributed by atoms with Gasteiger partial charge in [-0.2, -0.15) is 0 Å². The molecule has 0 radical (unpaired) electrons. The van der Waals surface area contributed by atoms with Crippen LogP contribution in [0, 0.1) is 11.8 Å². The molecule has 1 amide bonds. The lowest BCUT2D eigenvalue weighted by molar-refractivity contribution is -0.117. The number of carbonyl (C=O) groups is 1. The van der Waals surface area contributed by atoms with E-state index in [1.165, 1.54) is 6.07 Å². The lowest BCUT2D eigenvalue weighted by Crippen LogP contribution is -2.32. The highest BCUT2D eigenvalue weighted by Gasteiger charge is 2.22. The number of amides is 1. The van der Waals surface area contributed by atoms with Crippen LogP contribution in [0.3, 0.4) is 0 Å². The molecule has 0 aliphatic carbocycles. The van der Waals surface area contributed by atoms with Crippen LogP contribution in [0.15, 0.2) is 39.5 Å². The first-order valence-corrected chi connectivity index (χ1v) is 8.16. The number of piperidine rings is 1. The molecular weight excluding hydrogens is 292 g/mol. The van der Waals surface area contributed by atoms with E-state index in [0.717, 1.165) is 37.0 Å². The maximum absolute atomic E-state index is 12.3. The van der Waals surface area contributed by atoms with Gasteiger partial charge in [-0.3, -0.25) is 4.79 Å². The average molecular weight is 314 g/mol. The van der Waals surface area contributed by atoms with E-state index < -0.39 is 0 Å². The van der Waals surface area contributed by atoms with E-state index in [9.17, 15) is 9.59 Å². The number of benzene rings is 1. The Balaban J connectivity index is 1.63. The Morgan fingerprint density at radius 2 is 2.09 bits per heavy atom. The zero-order valence-corrected chi connectivity index (χ0v) is 13.3. The van der Waals surface area contributed by atoms with Crippen LogP contribution in [0.5, 0.6) is 0 Å². The van der Waals surface area contributed by atoms with Gasteiger partial charge in [-0.05, 0) is 62.0 Å². The Morgan fingerprint density at radius 3 is 2.87 bits per heavy atom. The zero-order valence-electron chi connectivity index (χ0n) is 13.3. The molecule has 2 aromatic rings. The Morgan fingerprint density at radius 1 is 1.30 bits per heavy atom. The third-order valence-electron chi connectivity index (χ3n) is 4.60. The predicted molar refractivity (Wildman–Crippen MR) is 90.5 cm³/mol. The molecule has 1 fully saturated rings. The molecule has 0 bridgehead atoms. The molecule has 1 unspecified atom stereocenters. The molecule has 2 heterocycles. The van der Waals surface area contributed by atoms with E-state index in [2.05, 4.69) is 17.6 Å². The highest BCUT2D eigenvalue weighted by Crippen LogP contribution is 2.25. The van der Waals surface area contributed by atoms with Crippen LogP contribution < -0.4 is 16.3 Å². The molecule has 0 saturated carbocycles. The molecule has 2 N–H and O–H groups in total. The molecule has 1 atom stereocenters. The van der Waals surface area contributed by atoms with Gasteiger partial charge < -0.3 is 15.1 Å². The van der Waals surface area contributed by atoms with Gasteiger partial charge in [0.25, 0.3) is 0 Å². The van der Waals surface area contributed by atoms with Crippen molar-refractivity contribution in [2.45, 2.75) is 26.2 Å². The molecule has 1 aliphatic rings. The molecule has 1 aliphatic heterocycles. The lowest BCUT2D eigenvalue weighted by atomic mass is 9.84. The van der Waals surface area contributed by atoms with Gasteiger partial charge >= 0.3 is 5.63 Å². The van der Waals surface area contributed by atoms with Crippen LogP contribution in [0.25, 0.3) is 11.0 Å². The number of carbonyl (C=O) groups excluding carboxylic acids is 1. The summed E-state index contributed by atoms with van der Waals surface area (Å²) in [5, 5.41) is 7.10. The third kappa shape index (κ3) is 3.99. The molecule has 1 aromatic carbocycles. The lowest BCUT2D eigenvalue weighted by Gasteiger charge is -2.27. The van der Waals surface area contributed by atoms with Crippen LogP contribution >= 0.6 is 0 Å². The Labute approximate surface area is 135 Å². The van der Waals surface area contributed by atoms with Gasteiger partial charge in [0.05, 0.1) is 0 Å². The molecule has 3 rings (SSSR count). The molecule has 5 heteroatoms. The van der Waals surface area contributed by atoms with Crippen molar-refractivity contribution in [2.24, 2.45) is 11.8 Å². The summed E-state index contributed by atoms with van der Waals surface area (Å²) in [7, 11) is 0. The first-order chi connectivity index (χ1) is 11.1. The van der Waals surface area contributed by atoms with Gasteiger partial charge in [-0.15, -0.1) is 0 Å². The Bertz CT molecular complexity index is 747. The van der Waals surface area contributed by atoms with E-state index in [0.29, 0.717) is 23.8 Å². The Kier molecular flexibility index (Phi) is 4.76. The fourth-order valence-electron chi connectivity index (χ4n) is 3.23. The molecule has 1 aromatic heterocycles. The topological polar surface area (TPSA) is 71.3 Å². The number of anilines is 1. The zero-order chi connectivity index (χ0) is 16.2. The summed E-state index contributed by atoms with van der Waals surface area (Å²) < 4.78 is 5.09. The minimum Gasteiger partial charge on any atom is -0.423 e. The first-order valence-electron chi connectivity index (χ1n) is 8.16. The molecule has 1 saturated heterocycles. The van der Waals surface area contributed by atoms with Crippen molar-refractivity contribution < 1.29 is 9.21 Å². The summed E-state index contributed by atoms with van der Waals surface area (Å²) in [6.45, 7) is 4.25. The van der Waals surface area contributed by atoms with Gasteiger partial charge in [0.1, 0.15) is 5.58 Å². The number of fused-ring (bicyclic) bond motifs is 1. The largest absolute Gasteiger partial charge is 0.423 e. The predicted octanol–water partition coefficient (Wildman–Crippen LogP) is 2.76. The van der Waals surface area contributed by atoms with Crippen molar-refractivity contribution in [2.75, 3.05) is 18.4 Å². The Hall–Kier alpha value is -2.14. The van der Waals surface area contributed by atoms with Crippen molar-refractivity contribution in [1.29, 1.82) is 0 Å². The summed E-state index contributed by atoms with van der Waals surface area (Å²) in [5.41, 5.74) is 0.887. The van der Waals surface area contributed by atoms with Crippen molar-refractivity contribution >= 4 is 22.6 Å². The van der Waals surface area contributed by atoms with E-state index in [4.69, 9.17) is 4.42 Å². The molecule has 23 heavy (non-hydrogen) atoms. The van der Waals surface area contributed by atoms with Crippen molar-refractivity contribution in [3.63, 3.8) is 0 Å². The number of hydrogen-bond donors (Lipinski definition) is 2. The second-order valence-electron chi connectivity index (χ2n) is 6.32. The SMILES string of the molecule is CC(CC(=O)Nc1ccc2oc(=O)ccc2c1)C1CCNCC1. The average Bonchev–Trinajstić information content (AvgIpc) is 2.55. The van der Waals surface area contributed by atoms with Crippen molar-refractivity contribution in [3.8, 4) is 0 Å². The highest BCUT2D eigenvalue weighted by molar-refractivity contribution is 5.93. The van der Waals surface area contributed by atoms with E-state index in [1.807, 2.05) is 6.07 Å². The van der Waals surface area contributed by atoms with Crippen LogP contribution in [0.1, 0.15) is 26.2 Å². The minimum atomic E-state index is -0.370. The van der Waals surface area contributed by atoms with Crippen LogP contribution in [-0.4, -0.2) is 19.0 Å². The van der Waals surface area contributed by atoms with Gasteiger partial charge in [-0.1, -0.05) is 6.92 Å². The normalized spacial score (nSPS) is 17.1. The maximum Gasteiger partial charge on any atom is 0.336 e. The van der Waals surface area contributed by atoms with Gasteiger partial charge in [0.15, 0.2) is 0 Å². The quantitative estimate of drug-likeness (QED) is 0.851. The first kappa shape index (κ1) is 15.7. The van der Waals surface area contributed by atoms with Crippen molar-refractivity contribution in [1.82, 2.24) is 5.32 Å². The molecule has 0 spiro atoms. The van der Waals surface area contributed by atoms with Gasteiger partial charge in [0, 0.05) is 23.6 Å². The number of rotatable bonds is 4. The summed E-state index contributed by atoms with van der Waals surface area (Å²) >= 11 is 0. The minimum absolute atomic E-state index is 0.0350. The van der Waals surface area contributed by atoms with Gasteiger partial charge in [0.2, 0.25) is 5.91 Å². The van der Waals surface area contributed by atoms with Gasteiger partial charge in [-0.25, -0.2) is 4.79 Å². The number of nitrogens with one attached hydrogen (secondary N) is 2. The molecular formula is C18H22N2O3. The maximum atomic E-state index is 12.3.